The van der Waals surface area contributed by atoms with E-state index in [9.17, 15) is 4.55 Å². The van der Waals surface area contributed by atoms with E-state index in [0.29, 0.717) is 16.7 Å². The number of hydrogen-bond donors (Lipinski definition) is 1. The molecule has 1 N–H and O–H groups in total. The molecular weight excluding hydrogens is 306 g/mol. The summed E-state index contributed by atoms with van der Waals surface area (Å²) in [5.74, 6) is 2.12. The minimum Gasteiger partial charge on any atom is -0.598 e. The molecule has 0 radical (unpaired) electrons. The van der Waals surface area contributed by atoms with Crippen LogP contribution < -0.4 is 9.46 Å². The van der Waals surface area contributed by atoms with Gasteiger partial charge in [-0.2, -0.15) is 0 Å². The van der Waals surface area contributed by atoms with E-state index >= 15 is 0 Å². The second-order valence-corrected chi connectivity index (χ2v) is 7.43. The lowest BCUT2D eigenvalue weighted by atomic mass is 10.1. The molecule has 1 aromatic rings. The third-order valence-electron chi connectivity index (χ3n) is 3.62. The van der Waals surface area contributed by atoms with Gasteiger partial charge in [-0.15, -0.1) is 4.72 Å². The first kappa shape index (κ1) is 16.9. The number of unbranched alkanes of at least 4 members (excludes halogenated alkanes) is 1. The van der Waals surface area contributed by atoms with E-state index in [1.54, 1.807) is 0 Å². The van der Waals surface area contributed by atoms with Gasteiger partial charge in [0.2, 0.25) is 0 Å². The van der Waals surface area contributed by atoms with Crippen molar-refractivity contribution in [1.29, 1.82) is 0 Å². The maximum atomic E-state index is 11.9. The molecule has 0 aromatic heterocycles. The standard InChI is InChI=1S/C16H24ClNO2S/c1-3-4-9-21(19)18-12(2)14-7-8-15(17)16(10-14)20-11-13-5-6-13/h7-8,10,12-13,18H,3-6,9,11H2,1-2H3/t12-,21-/m0/s1. The van der Waals surface area contributed by atoms with Crippen LogP contribution in [0.1, 0.15) is 51.1 Å². The van der Waals surface area contributed by atoms with Gasteiger partial charge in [0, 0.05) is 11.4 Å². The highest BCUT2D eigenvalue weighted by molar-refractivity contribution is 7.89. The monoisotopic (exact) mass is 329 g/mol. The third kappa shape index (κ3) is 5.70. The highest BCUT2D eigenvalue weighted by Crippen LogP contribution is 2.33. The van der Waals surface area contributed by atoms with Gasteiger partial charge >= 0.3 is 0 Å². The molecule has 1 aliphatic rings. The van der Waals surface area contributed by atoms with Crippen molar-refractivity contribution in [2.75, 3.05) is 12.4 Å². The molecule has 5 heteroatoms. The van der Waals surface area contributed by atoms with Crippen molar-refractivity contribution in [3.05, 3.63) is 28.8 Å². The number of nitrogens with one attached hydrogen (secondary N) is 1. The summed E-state index contributed by atoms with van der Waals surface area (Å²) in [5, 5.41) is 0.638. The zero-order valence-electron chi connectivity index (χ0n) is 12.7. The summed E-state index contributed by atoms with van der Waals surface area (Å²) in [6, 6.07) is 5.79. The Balaban J connectivity index is 1.92. The average molecular weight is 330 g/mol. The molecule has 1 saturated carbocycles. The first-order valence-corrected chi connectivity index (χ1v) is 9.36. The summed E-state index contributed by atoms with van der Waals surface area (Å²) in [6.45, 7) is 4.86. The zero-order chi connectivity index (χ0) is 15.2. The van der Waals surface area contributed by atoms with Crippen LogP contribution in [0.2, 0.25) is 5.02 Å². The molecule has 2 rings (SSSR count). The van der Waals surface area contributed by atoms with E-state index in [1.165, 1.54) is 12.8 Å². The fraction of sp³-hybridized carbons (Fsp3) is 0.625. The largest absolute Gasteiger partial charge is 0.598 e. The predicted molar refractivity (Wildman–Crippen MR) is 89.1 cm³/mol. The Morgan fingerprint density at radius 1 is 1.48 bits per heavy atom. The molecule has 0 unspecified atom stereocenters. The van der Waals surface area contributed by atoms with Crippen molar-refractivity contribution in [2.24, 2.45) is 5.92 Å². The van der Waals surface area contributed by atoms with Crippen LogP contribution in [0.15, 0.2) is 18.2 Å². The summed E-state index contributed by atoms with van der Waals surface area (Å²) >= 11 is 5.19. The van der Waals surface area contributed by atoms with Crippen LogP contribution in [-0.2, 0) is 11.4 Å². The molecule has 1 aliphatic carbocycles. The molecule has 0 aliphatic heterocycles. The lowest BCUT2D eigenvalue weighted by molar-refractivity contribution is 0.299. The second kappa shape index (κ2) is 8.28. The molecule has 2 atom stereocenters. The predicted octanol–water partition coefficient (Wildman–Crippen LogP) is 4.24. The Morgan fingerprint density at radius 2 is 2.24 bits per heavy atom. The molecule has 1 fully saturated rings. The summed E-state index contributed by atoms with van der Waals surface area (Å²) in [7, 11) is 0. The number of benzene rings is 1. The van der Waals surface area contributed by atoms with E-state index < -0.39 is 11.4 Å². The van der Waals surface area contributed by atoms with Crippen molar-refractivity contribution in [3.63, 3.8) is 0 Å². The minimum absolute atomic E-state index is 0.0169. The molecule has 0 spiro atoms. The summed E-state index contributed by atoms with van der Waals surface area (Å²) in [5.41, 5.74) is 1.05. The number of halogens is 1. The Hall–Kier alpha value is -0.420. The van der Waals surface area contributed by atoms with Crippen molar-refractivity contribution < 1.29 is 9.29 Å². The van der Waals surface area contributed by atoms with Gasteiger partial charge < -0.3 is 9.29 Å². The highest BCUT2D eigenvalue weighted by Gasteiger charge is 2.22. The Labute approximate surface area is 135 Å². The van der Waals surface area contributed by atoms with Crippen LogP contribution in [0.5, 0.6) is 5.75 Å². The summed E-state index contributed by atoms with van der Waals surface area (Å²) in [4.78, 5) is 0. The zero-order valence-corrected chi connectivity index (χ0v) is 14.3. The van der Waals surface area contributed by atoms with Gasteiger partial charge in [-0.1, -0.05) is 31.0 Å². The molecule has 1 aromatic carbocycles. The number of hydrogen-bond acceptors (Lipinski definition) is 3. The first-order valence-electron chi connectivity index (χ1n) is 7.67. The lowest BCUT2D eigenvalue weighted by Gasteiger charge is -2.18. The van der Waals surface area contributed by atoms with Crippen LogP contribution in [0.4, 0.5) is 0 Å². The number of ether oxygens (including phenoxy) is 1. The Bertz CT molecular complexity index is 454. The van der Waals surface area contributed by atoms with Gasteiger partial charge in [-0.3, -0.25) is 0 Å². The summed E-state index contributed by atoms with van der Waals surface area (Å²) < 4.78 is 20.8. The Morgan fingerprint density at radius 3 is 2.90 bits per heavy atom. The summed E-state index contributed by atoms with van der Waals surface area (Å²) in [6.07, 6.45) is 4.54. The fourth-order valence-corrected chi connectivity index (χ4v) is 3.36. The van der Waals surface area contributed by atoms with Gasteiger partial charge in [0.05, 0.1) is 17.7 Å². The molecule has 118 valence electrons. The molecule has 0 bridgehead atoms. The van der Waals surface area contributed by atoms with E-state index in [4.69, 9.17) is 16.3 Å². The highest BCUT2D eigenvalue weighted by atomic mass is 35.5. The third-order valence-corrected chi connectivity index (χ3v) is 5.21. The van der Waals surface area contributed by atoms with Gasteiger partial charge in [0.25, 0.3) is 0 Å². The first-order chi connectivity index (χ1) is 10.1. The molecule has 3 nitrogen and oxygen atoms in total. The van der Waals surface area contributed by atoms with Crippen molar-refractivity contribution in [2.45, 2.75) is 45.6 Å². The molecule has 0 heterocycles. The normalized spacial score (nSPS) is 17.5. The van der Waals surface area contributed by atoms with Gasteiger partial charge in [0.1, 0.15) is 11.5 Å². The van der Waals surface area contributed by atoms with Gasteiger partial charge in [0.15, 0.2) is 0 Å². The molecule has 0 amide bonds. The maximum absolute atomic E-state index is 11.9. The van der Waals surface area contributed by atoms with Crippen LogP contribution in [0.3, 0.4) is 0 Å². The van der Waals surface area contributed by atoms with E-state index in [0.717, 1.165) is 30.8 Å². The topological polar surface area (TPSA) is 44.3 Å². The fourth-order valence-electron chi connectivity index (χ4n) is 1.99. The Kier molecular flexibility index (Phi) is 6.68. The van der Waals surface area contributed by atoms with Crippen LogP contribution in [0.25, 0.3) is 0 Å². The van der Waals surface area contributed by atoms with E-state index in [1.807, 2.05) is 25.1 Å². The van der Waals surface area contributed by atoms with Gasteiger partial charge in [-0.05, 0) is 49.8 Å². The van der Waals surface area contributed by atoms with Crippen LogP contribution >= 0.6 is 11.6 Å². The van der Waals surface area contributed by atoms with Crippen LogP contribution in [0, 0.1) is 5.92 Å². The van der Waals surface area contributed by atoms with Crippen molar-refractivity contribution >= 4 is 23.0 Å². The average Bonchev–Trinajstić information content (AvgIpc) is 3.28. The van der Waals surface area contributed by atoms with E-state index in [-0.39, 0.29) is 6.04 Å². The smallest absolute Gasteiger partial charge is 0.138 e. The minimum atomic E-state index is -0.987. The quantitative estimate of drug-likeness (QED) is 0.689. The molecular formula is C16H24ClNO2S. The lowest BCUT2D eigenvalue weighted by Crippen LogP contribution is -2.29. The van der Waals surface area contributed by atoms with Gasteiger partial charge in [-0.25, -0.2) is 0 Å². The second-order valence-electron chi connectivity index (χ2n) is 5.69. The SMILES string of the molecule is CCCC[S@+]([O-])N[C@@H](C)c1ccc(Cl)c(OCC2CC2)c1. The molecule has 0 saturated heterocycles. The molecule has 21 heavy (non-hydrogen) atoms. The van der Waals surface area contributed by atoms with Crippen molar-refractivity contribution in [3.8, 4) is 5.75 Å². The van der Waals surface area contributed by atoms with Crippen molar-refractivity contribution in [1.82, 2.24) is 4.72 Å². The van der Waals surface area contributed by atoms with E-state index in [2.05, 4.69) is 11.6 Å². The van der Waals surface area contributed by atoms with Crippen LogP contribution in [-0.4, -0.2) is 16.9 Å². The number of rotatable bonds is 9. The maximum Gasteiger partial charge on any atom is 0.138 e.